The Morgan fingerprint density at radius 3 is 2.33 bits per heavy atom. The lowest BCUT2D eigenvalue weighted by atomic mass is 9.96. The normalized spacial score (nSPS) is 18.0. The van der Waals surface area contributed by atoms with Crippen LogP contribution in [0.2, 0.25) is 0 Å². The summed E-state index contributed by atoms with van der Waals surface area (Å²) in [5.41, 5.74) is 7.52. The maximum atomic E-state index is 6.17. The van der Waals surface area contributed by atoms with Gasteiger partial charge < -0.3 is 10.6 Å². The summed E-state index contributed by atoms with van der Waals surface area (Å²) < 4.78 is 0. The van der Waals surface area contributed by atoms with Gasteiger partial charge in [-0.1, -0.05) is 37.3 Å². The maximum absolute atomic E-state index is 6.17. The first-order chi connectivity index (χ1) is 11.2. The fraction of sp³-hybridized carbons (Fsp3) is 0.632. The van der Waals surface area contributed by atoms with Crippen LogP contribution in [0.25, 0.3) is 0 Å². The second-order valence-corrected chi connectivity index (χ2v) is 6.52. The van der Waals surface area contributed by atoms with E-state index in [2.05, 4.69) is 60.9 Å². The Hall–Kier alpha value is -0.820. The molecule has 1 atom stereocenters. The fourth-order valence-corrected chi connectivity index (χ4v) is 3.27. The Morgan fingerprint density at radius 1 is 1.21 bits per heavy atom. The van der Waals surface area contributed by atoms with Gasteiger partial charge in [0.05, 0.1) is 12.6 Å². The lowest BCUT2D eigenvalue weighted by molar-refractivity contribution is 0.141. The Kier molecular flexibility index (Phi) is 9.66. The molecule has 0 radical (unpaired) electrons. The first-order valence-electron chi connectivity index (χ1n) is 8.99. The van der Waals surface area contributed by atoms with Gasteiger partial charge in [0.25, 0.3) is 0 Å². The van der Waals surface area contributed by atoms with E-state index in [4.69, 9.17) is 10.7 Å². The van der Waals surface area contributed by atoms with Crippen LogP contribution in [0.15, 0.2) is 35.3 Å². The summed E-state index contributed by atoms with van der Waals surface area (Å²) >= 11 is 0. The quantitative estimate of drug-likeness (QED) is 0.413. The number of likely N-dealkylation sites (tertiary alicyclic amines) is 1. The van der Waals surface area contributed by atoms with Crippen LogP contribution in [0.5, 0.6) is 0 Å². The molecule has 5 heteroatoms. The van der Waals surface area contributed by atoms with Crippen LogP contribution in [0.1, 0.15) is 45.2 Å². The van der Waals surface area contributed by atoms with Crippen LogP contribution in [-0.4, -0.2) is 48.5 Å². The molecule has 1 aromatic rings. The third-order valence-corrected chi connectivity index (χ3v) is 4.96. The molecular formula is C19H33IN4. The number of nitrogens with two attached hydrogens (primary N) is 1. The highest BCUT2D eigenvalue weighted by Crippen LogP contribution is 2.27. The van der Waals surface area contributed by atoms with Gasteiger partial charge in [0, 0.05) is 13.1 Å². The predicted molar refractivity (Wildman–Crippen MR) is 114 cm³/mol. The molecule has 1 unspecified atom stereocenters. The molecule has 1 heterocycles. The number of aliphatic imine (C=N–C) groups is 1. The SMILES string of the molecule is CCN(CC)C(N)=NCC(c1ccccc1)N1CCC(C)CC1.I. The van der Waals surface area contributed by atoms with Crippen LogP contribution in [0, 0.1) is 5.92 Å². The van der Waals surface area contributed by atoms with Crippen molar-refractivity contribution in [1.29, 1.82) is 0 Å². The molecule has 0 spiro atoms. The molecule has 0 bridgehead atoms. The highest BCUT2D eigenvalue weighted by atomic mass is 127. The number of benzene rings is 1. The molecular weight excluding hydrogens is 411 g/mol. The summed E-state index contributed by atoms with van der Waals surface area (Å²) in [5, 5.41) is 0. The number of halogens is 1. The second kappa shape index (κ2) is 10.9. The zero-order valence-corrected chi connectivity index (χ0v) is 17.6. The molecule has 0 aliphatic carbocycles. The van der Waals surface area contributed by atoms with Crippen molar-refractivity contribution in [2.45, 2.75) is 39.7 Å². The number of hydrogen-bond donors (Lipinski definition) is 1. The van der Waals surface area contributed by atoms with Crippen molar-refractivity contribution in [3.8, 4) is 0 Å². The number of nitrogens with zero attached hydrogens (tertiary/aromatic N) is 3. The fourth-order valence-electron chi connectivity index (χ4n) is 3.27. The predicted octanol–water partition coefficient (Wildman–Crippen LogP) is 3.73. The van der Waals surface area contributed by atoms with Gasteiger partial charge in [-0.15, -0.1) is 24.0 Å². The van der Waals surface area contributed by atoms with E-state index >= 15 is 0 Å². The van der Waals surface area contributed by atoms with Crippen molar-refractivity contribution < 1.29 is 0 Å². The molecule has 1 aliphatic rings. The minimum absolute atomic E-state index is 0. The highest BCUT2D eigenvalue weighted by Gasteiger charge is 2.24. The molecule has 2 N–H and O–H groups in total. The van der Waals surface area contributed by atoms with Gasteiger partial charge in [-0.2, -0.15) is 0 Å². The van der Waals surface area contributed by atoms with Crippen molar-refractivity contribution >= 4 is 29.9 Å². The van der Waals surface area contributed by atoms with E-state index in [1.54, 1.807) is 0 Å². The Bertz CT molecular complexity index is 479. The molecule has 0 amide bonds. The number of hydrogen-bond acceptors (Lipinski definition) is 2. The molecule has 0 saturated carbocycles. The summed E-state index contributed by atoms with van der Waals surface area (Å²) in [6.45, 7) is 11.4. The largest absolute Gasteiger partial charge is 0.370 e. The van der Waals surface area contributed by atoms with E-state index in [1.165, 1.54) is 18.4 Å². The van der Waals surface area contributed by atoms with Crippen molar-refractivity contribution in [1.82, 2.24) is 9.80 Å². The van der Waals surface area contributed by atoms with Gasteiger partial charge in [0.2, 0.25) is 0 Å². The average molecular weight is 444 g/mol. The average Bonchev–Trinajstić information content (AvgIpc) is 2.58. The summed E-state index contributed by atoms with van der Waals surface area (Å²) in [6.07, 6.45) is 2.55. The van der Waals surface area contributed by atoms with E-state index in [0.29, 0.717) is 12.0 Å². The van der Waals surface area contributed by atoms with Gasteiger partial charge in [0.15, 0.2) is 5.96 Å². The molecule has 1 saturated heterocycles. The molecule has 1 aliphatic heterocycles. The minimum Gasteiger partial charge on any atom is -0.370 e. The third-order valence-electron chi connectivity index (χ3n) is 4.96. The molecule has 24 heavy (non-hydrogen) atoms. The number of rotatable bonds is 6. The standard InChI is InChI=1S/C19H32N4.HI/c1-4-22(5-2)19(20)21-15-18(17-9-7-6-8-10-17)23-13-11-16(3)12-14-23;/h6-10,16,18H,4-5,11-15H2,1-3H3,(H2,20,21);1H. The van der Waals surface area contributed by atoms with Gasteiger partial charge in [-0.25, -0.2) is 0 Å². The summed E-state index contributed by atoms with van der Waals surface area (Å²) in [5.74, 6) is 1.51. The Balaban J connectivity index is 0.00000288. The zero-order valence-electron chi connectivity index (χ0n) is 15.3. The van der Waals surface area contributed by atoms with Crippen LogP contribution in [0.4, 0.5) is 0 Å². The molecule has 0 aromatic heterocycles. The topological polar surface area (TPSA) is 44.9 Å². The van der Waals surface area contributed by atoms with Crippen LogP contribution >= 0.6 is 24.0 Å². The number of guanidine groups is 1. The van der Waals surface area contributed by atoms with Crippen LogP contribution in [-0.2, 0) is 0 Å². The van der Waals surface area contributed by atoms with Crippen molar-refractivity contribution in [2.24, 2.45) is 16.6 Å². The van der Waals surface area contributed by atoms with Gasteiger partial charge in [0.1, 0.15) is 0 Å². The lowest BCUT2D eigenvalue weighted by Gasteiger charge is -2.36. The van der Waals surface area contributed by atoms with Gasteiger partial charge >= 0.3 is 0 Å². The van der Waals surface area contributed by atoms with Gasteiger partial charge in [-0.05, 0) is 51.3 Å². The zero-order chi connectivity index (χ0) is 16.7. The smallest absolute Gasteiger partial charge is 0.191 e. The second-order valence-electron chi connectivity index (χ2n) is 6.52. The van der Waals surface area contributed by atoms with E-state index in [1.807, 2.05) is 0 Å². The van der Waals surface area contributed by atoms with Crippen molar-refractivity contribution in [2.75, 3.05) is 32.7 Å². The molecule has 1 aromatic carbocycles. The summed E-state index contributed by atoms with van der Waals surface area (Å²) in [7, 11) is 0. The van der Waals surface area contributed by atoms with Crippen molar-refractivity contribution in [3.05, 3.63) is 35.9 Å². The Labute approximate surface area is 164 Å². The first kappa shape index (κ1) is 21.2. The number of piperidine rings is 1. The summed E-state index contributed by atoms with van der Waals surface area (Å²) in [6, 6.07) is 11.1. The van der Waals surface area contributed by atoms with E-state index in [9.17, 15) is 0 Å². The Morgan fingerprint density at radius 2 is 1.79 bits per heavy atom. The molecule has 136 valence electrons. The monoisotopic (exact) mass is 444 g/mol. The van der Waals surface area contributed by atoms with Crippen LogP contribution in [0.3, 0.4) is 0 Å². The van der Waals surface area contributed by atoms with Crippen LogP contribution < -0.4 is 5.73 Å². The molecule has 4 nitrogen and oxygen atoms in total. The van der Waals surface area contributed by atoms with Crippen molar-refractivity contribution in [3.63, 3.8) is 0 Å². The molecule has 2 rings (SSSR count). The summed E-state index contributed by atoms with van der Waals surface area (Å²) in [4.78, 5) is 9.40. The van der Waals surface area contributed by atoms with Gasteiger partial charge in [-0.3, -0.25) is 9.89 Å². The van der Waals surface area contributed by atoms with E-state index in [0.717, 1.165) is 38.6 Å². The first-order valence-corrected chi connectivity index (χ1v) is 8.99. The highest BCUT2D eigenvalue weighted by molar-refractivity contribution is 14.0. The van der Waals surface area contributed by atoms with E-state index in [-0.39, 0.29) is 24.0 Å². The third kappa shape index (κ3) is 5.92. The van der Waals surface area contributed by atoms with E-state index < -0.39 is 0 Å². The lowest BCUT2D eigenvalue weighted by Crippen LogP contribution is -2.40. The minimum atomic E-state index is 0. The molecule has 1 fully saturated rings. The maximum Gasteiger partial charge on any atom is 0.191 e.